The van der Waals surface area contributed by atoms with Crippen LogP contribution in [0.25, 0.3) is 0 Å². The van der Waals surface area contributed by atoms with Crippen LogP contribution in [0.4, 0.5) is 0 Å². The molecule has 0 amide bonds. The molecule has 0 aromatic carbocycles. The van der Waals surface area contributed by atoms with Gasteiger partial charge in [0, 0.05) is 17.6 Å². The summed E-state index contributed by atoms with van der Waals surface area (Å²) in [5.74, 6) is 0. The summed E-state index contributed by atoms with van der Waals surface area (Å²) in [6.07, 6.45) is 8.17. The molecule has 0 aromatic heterocycles. The van der Waals surface area contributed by atoms with Crippen molar-refractivity contribution in [3.63, 3.8) is 0 Å². The lowest BCUT2D eigenvalue weighted by Gasteiger charge is -2.28. The summed E-state index contributed by atoms with van der Waals surface area (Å²) < 4.78 is 5.77. The van der Waals surface area contributed by atoms with Gasteiger partial charge in [-0.1, -0.05) is 0 Å². The minimum absolute atomic E-state index is 0.196. The van der Waals surface area contributed by atoms with Gasteiger partial charge in [-0.15, -0.1) is 0 Å². The topological polar surface area (TPSA) is 35.2 Å². The number of hydrogen-bond acceptors (Lipinski definition) is 2. The van der Waals surface area contributed by atoms with E-state index in [-0.39, 0.29) is 5.54 Å². The molecular formula is C10H17NO. The maximum absolute atomic E-state index is 6.29. The molecule has 1 saturated heterocycles. The van der Waals surface area contributed by atoms with Crippen LogP contribution in [-0.2, 0) is 4.74 Å². The molecule has 0 bridgehead atoms. The Morgan fingerprint density at radius 2 is 1.92 bits per heavy atom. The summed E-state index contributed by atoms with van der Waals surface area (Å²) in [5, 5.41) is 0. The lowest BCUT2D eigenvalue weighted by Crippen LogP contribution is -2.41. The highest BCUT2D eigenvalue weighted by Gasteiger charge is 2.67. The van der Waals surface area contributed by atoms with Gasteiger partial charge in [-0.25, -0.2) is 0 Å². The van der Waals surface area contributed by atoms with Crippen LogP contribution in [0.3, 0.4) is 0 Å². The average Bonchev–Trinajstić information content (AvgIpc) is 2.96. The fourth-order valence-corrected chi connectivity index (χ4v) is 2.92. The predicted octanol–water partition coefficient (Wildman–Crippen LogP) is 1.44. The maximum Gasteiger partial charge on any atom is 0.0649 e. The van der Waals surface area contributed by atoms with Gasteiger partial charge in [0.05, 0.1) is 6.10 Å². The highest BCUT2D eigenvalue weighted by Crippen LogP contribution is 2.66. The van der Waals surface area contributed by atoms with E-state index in [9.17, 15) is 0 Å². The summed E-state index contributed by atoms with van der Waals surface area (Å²) in [6, 6.07) is 0. The van der Waals surface area contributed by atoms with E-state index >= 15 is 0 Å². The molecule has 2 saturated carbocycles. The average molecular weight is 167 g/mol. The Morgan fingerprint density at radius 3 is 2.33 bits per heavy atom. The van der Waals surface area contributed by atoms with Crippen LogP contribution in [0.2, 0.25) is 0 Å². The smallest absolute Gasteiger partial charge is 0.0649 e. The zero-order valence-electron chi connectivity index (χ0n) is 7.51. The number of nitrogens with two attached hydrogens (primary N) is 1. The van der Waals surface area contributed by atoms with E-state index in [1.807, 2.05) is 0 Å². The summed E-state index contributed by atoms with van der Waals surface area (Å²) in [7, 11) is 0. The molecule has 3 fully saturated rings. The zero-order chi connectivity index (χ0) is 8.23. The third kappa shape index (κ3) is 0.775. The number of ether oxygens (including phenoxy) is 1. The molecule has 3 aliphatic rings. The SMILES string of the molecule is NC1(C2(C3CCCO3)CC2)CC1. The molecule has 2 aliphatic carbocycles. The second-order valence-electron chi connectivity index (χ2n) is 4.81. The minimum atomic E-state index is 0.196. The Bertz CT molecular complexity index is 200. The molecule has 68 valence electrons. The molecule has 1 atom stereocenters. The molecule has 0 aromatic rings. The van der Waals surface area contributed by atoms with E-state index in [1.165, 1.54) is 38.5 Å². The standard InChI is InChI=1S/C10H17NO/c11-10(5-6-10)9(3-4-9)8-2-1-7-12-8/h8H,1-7,11H2. The van der Waals surface area contributed by atoms with Gasteiger partial charge in [-0.05, 0) is 38.5 Å². The molecule has 1 aliphatic heterocycles. The Labute approximate surface area is 73.5 Å². The maximum atomic E-state index is 6.29. The molecule has 2 heteroatoms. The molecule has 1 heterocycles. The van der Waals surface area contributed by atoms with Crippen LogP contribution >= 0.6 is 0 Å². The molecule has 12 heavy (non-hydrogen) atoms. The van der Waals surface area contributed by atoms with Crippen molar-refractivity contribution in [2.75, 3.05) is 6.61 Å². The van der Waals surface area contributed by atoms with Gasteiger partial charge in [0.1, 0.15) is 0 Å². The summed E-state index contributed by atoms with van der Waals surface area (Å²) in [4.78, 5) is 0. The molecule has 3 rings (SSSR count). The zero-order valence-corrected chi connectivity index (χ0v) is 7.51. The Balaban J connectivity index is 1.81. The second kappa shape index (κ2) is 2.05. The summed E-state index contributed by atoms with van der Waals surface area (Å²) >= 11 is 0. The third-order valence-corrected chi connectivity index (χ3v) is 4.11. The Morgan fingerprint density at radius 1 is 1.17 bits per heavy atom. The van der Waals surface area contributed by atoms with Crippen molar-refractivity contribution in [2.24, 2.45) is 11.1 Å². The van der Waals surface area contributed by atoms with E-state index in [0.717, 1.165) is 6.61 Å². The monoisotopic (exact) mass is 167 g/mol. The first-order valence-corrected chi connectivity index (χ1v) is 5.17. The van der Waals surface area contributed by atoms with Gasteiger partial charge >= 0.3 is 0 Å². The van der Waals surface area contributed by atoms with Crippen LogP contribution in [0.5, 0.6) is 0 Å². The van der Waals surface area contributed by atoms with Crippen molar-refractivity contribution in [2.45, 2.75) is 50.2 Å². The van der Waals surface area contributed by atoms with E-state index in [4.69, 9.17) is 10.5 Å². The fourth-order valence-electron chi connectivity index (χ4n) is 2.92. The van der Waals surface area contributed by atoms with Gasteiger partial charge in [-0.2, -0.15) is 0 Å². The van der Waals surface area contributed by atoms with Crippen LogP contribution in [-0.4, -0.2) is 18.2 Å². The van der Waals surface area contributed by atoms with Crippen molar-refractivity contribution in [3.05, 3.63) is 0 Å². The molecule has 0 spiro atoms. The second-order valence-corrected chi connectivity index (χ2v) is 4.81. The highest BCUT2D eigenvalue weighted by atomic mass is 16.5. The normalized spacial score (nSPS) is 41.2. The van der Waals surface area contributed by atoms with E-state index in [2.05, 4.69) is 0 Å². The van der Waals surface area contributed by atoms with E-state index in [0.29, 0.717) is 11.5 Å². The molecular weight excluding hydrogens is 150 g/mol. The minimum Gasteiger partial charge on any atom is -0.378 e. The van der Waals surface area contributed by atoms with E-state index in [1.54, 1.807) is 0 Å². The first-order chi connectivity index (χ1) is 5.77. The van der Waals surface area contributed by atoms with Gasteiger partial charge in [0.2, 0.25) is 0 Å². The lowest BCUT2D eigenvalue weighted by atomic mass is 9.86. The van der Waals surface area contributed by atoms with Gasteiger partial charge in [0.25, 0.3) is 0 Å². The van der Waals surface area contributed by atoms with Crippen molar-refractivity contribution in [3.8, 4) is 0 Å². The fraction of sp³-hybridized carbons (Fsp3) is 1.00. The van der Waals surface area contributed by atoms with Gasteiger partial charge < -0.3 is 10.5 Å². The molecule has 2 nitrogen and oxygen atoms in total. The summed E-state index contributed by atoms with van der Waals surface area (Å²) in [6.45, 7) is 0.975. The quantitative estimate of drug-likeness (QED) is 0.675. The largest absolute Gasteiger partial charge is 0.378 e. The molecule has 0 radical (unpaired) electrons. The third-order valence-electron chi connectivity index (χ3n) is 4.11. The van der Waals surface area contributed by atoms with Crippen LogP contribution in [0, 0.1) is 5.41 Å². The van der Waals surface area contributed by atoms with Crippen molar-refractivity contribution >= 4 is 0 Å². The predicted molar refractivity (Wildman–Crippen MR) is 46.8 cm³/mol. The highest BCUT2D eigenvalue weighted by molar-refractivity contribution is 5.22. The molecule has 2 N–H and O–H groups in total. The lowest BCUT2D eigenvalue weighted by molar-refractivity contribution is 0.0349. The van der Waals surface area contributed by atoms with Crippen LogP contribution in [0.1, 0.15) is 38.5 Å². The van der Waals surface area contributed by atoms with E-state index < -0.39 is 0 Å². The van der Waals surface area contributed by atoms with Gasteiger partial charge in [0.15, 0.2) is 0 Å². The van der Waals surface area contributed by atoms with Crippen molar-refractivity contribution < 1.29 is 4.74 Å². The Hall–Kier alpha value is -0.0800. The summed E-state index contributed by atoms with van der Waals surface area (Å²) in [5.41, 5.74) is 6.92. The Kier molecular flexibility index (Phi) is 1.25. The van der Waals surface area contributed by atoms with Crippen molar-refractivity contribution in [1.29, 1.82) is 0 Å². The number of hydrogen-bond donors (Lipinski definition) is 1. The van der Waals surface area contributed by atoms with Crippen LogP contribution < -0.4 is 5.73 Å². The first kappa shape index (κ1) is 7.34. The van der Waals surface area contributed by atoms with Crippen LogP contribution in [0.15, 0.2) is 0 Å². The molecule has 1 unspecified atom stereocenters. The number of rotatable bonds is 2. The first-order valence-electron chi connectivity index (χ1n) is 5.17. The van der Waals surface area contributed by atoms with Crippen molar-refractivity contribution in [1.82, 2.24) is 0 Å². The van der Waals surface area contributed by atoms with Gasteiger partial charge in [-0.3, -0.25) is 0 Å².